The number of anilines is 1. The lowest BCUT2D eigenvalue weighted by Gasteiger charge is -2.26. The summed E-state index contributed by atoms with van der Waals surface area (Å²) in [7, 11) is 0. The number of hydrogen-bond donors (Lipinski definition) is 3. The van der Waals surface area contributed by atoms with Crippen molar-refractivity contribution in [1.82, 2.24) is 5.32 Å². The molecule has 0 radical (unpaired) electrons. The van der Waals surface area contributed by atoms with Gasteiger partial charge in [0.2, 0.25) is 0 Å². The van der Waals surface area contributed by atoms with E-state index in [4.69, 9.17) is 28.6 Å². The molecule has 0 unspecified atom stereocenters. The van der Waals surface area contributed by atoms with Crippen LogP contribution in [0.1, 0.15) is 31.4 Å². The van der Waals surface area contributed by atoms with Crippen LogP contribution in [0.15, 0.2) is 48.5 Å². The molecule has 6 heteroatoms. The predicted octanol–water partition coefficient (Wildman–Crippen LogP) is 3.45. The second kappa shape index (κ2) is 9.93. The first-order valence-corrected chi connectivity index (χ1v) is 10.3. The number of benzene rings is 2. The summed E-state index contributed by atoms with van der Waals surface area (Å²) in [5, 5.41) is 8.08. The van der Waals surface area contributed by atoms with Crippen molar-refractivity contribution in [1.29, 1.82) is 0 Å². The molecule has 1 aliphatic heterocycles. The number of likely N-dealkylation sites (tertiary alicyclic amines) is 1. The normalized spacial score (nSPS) is 15.3. The van der Waals surface area contributed by atoms with Crippen molar-refractivity contribution in [2.45, 2.75) is 25.8 Å². The molecule has 1 aliphatic rings. The van der Waals surface area contributed by atoms with E-state index >= 15 is 0 Å². The fourth-order valence-corrected chi connectivity index (χ4v) is 4.05. The molecule has 0 aromatic heterocycles. The average molecular weight is 405 g/mol. The molecule has 27 heavy (non-hydrogen) atoms. The first-order valence-electron chi connectivity index (χ1n) is 9.54. The van der Waals surface area contributed by atoms with Gasteiger partial charge in [0.25, 0.3) is 0 Å². The molecular formula is C21H27ClN3OS+. The van der Waals surface area contributed by atoms with E-state index in [2.05, 4.69) is 22.8 Å². The molecule has 3 N–H and O–H groups in total. The lowest BCUT2D eigenvalue weighted by molar-refractivity contribution is -0.918. The minimum atomic E-state index is 0.293. The molecule has 1 atom stereocenters. The fraction of sp³-hybridized carbons (Fsp3) is 0.381. The van der Waals surface area contributed by atoms with Gasteiger partial charge >= 0.3 is 0 Å². The van der Waals surface area contributed by atoms with Gasteiger partial charge in [-0.25, -0.2) is 0 Å². The molecule has 2 aromatic rings. The molecule has 0 saturated carbocycles. The van der Waals surface area contributed by atoms with Gasteiger partial charge in [0, 0.05) is 29.1 Å². The minimum Gasteiger partial charge on any atom is -0.494 e. The molecule has 2 aromatic carbocycles. The van der Waals surface area contributed by atoms with E-state index in [1.54, 1.807) is 4.90 Å². The third-order valence-electron chi connectivity index (χ3n) is 4.91. The van der Waals surface area contributed by atoms with Crippen molar-refractivity contribution in [3.8, 4) is 5.75 Å². The summed E-state index contributed by atoms with van der Waals surface area (Å²) in [4.78, 5) is 1.57. The van der Waals surface area contributed by atoms with Gasteiger partial charge in [0.15, 0.2) is 5.11 Å². The molecule has 0 spiro atoms. The Morgan fingerprint density at radius 3 is 2.52 bits per heavy atom. The number of thiocarbonyl (C=S) groups is 1. The second-order valence-corrected chi connectivity index (χ2v) is 7.55. The van der Waals surface area contributed by atoms with E-state index in [0.717, 1.165) is 23.0 Å². The van der Waals surface area contributed by atoms with Crippen molar-refractivity contribution in [2.24, 2.45) is 0 Å². The van der Waals surface area contributed by atoms with E-state index in [1.165, 1.54) is 31.5 Å². The van der Waals surface area contributed by atoms with Gasteiger partial charge in [0.1, 0.15) is 11.8 Å². The van der Waals surface area contributed by atoms with Crippen LogP contribution in [-0.4, -0.2) is 31.4 Å². The summed E-state index contributed by atoms with van der Waals surface area (Å²) in [6, 6.07) is 16.2. The maximum Gasteiger partial charge on any atom is 0.171 e. The van der Waals surface area contributed by atoms with E-state index in [9.17, 15) is 0 Å². The Balaban J connectivity index is 1.61. The molecule has 1 fully saturated rings. The Labute approximate surface area is 171 Å². The summed E-state index contributed by atoms with van der Waals surface area (Å²) in [5.41, 5.74) is 2.13. The zero-order valence-corrected chi connectivity index (χ0v) is 17.2. The van der Waals surface area contributed by atoms with Crippen LogP contribution in [0.5, 0.6) is 5.75 Å². The Morgan fingerprint density at radius 1 is 1.15 bits per heavy atom. The maximum atomic E-state index is 6.48. The molecule has 1 heterocycles. The molecule has 1 saturated heterocycles. The molecule has 4 nitrogen and oxygen atoms in total. The Hall–Kier alpha value is -1.82. The monoisotopic (exact) mass is 404 g/mol. The summed E-state index contributed by atoms with van der Waals surface area (Å²) >= 11 is 12.0. The number of quaternary nitrogens is 1. The zero-order chi connectivity index (χ0) is 19.1. The molecule has 0 bridgehead atoms. The van der Waals surface area contributed by atoms with E-state index in [1.807, 2.05) is 43.3 Å². The molecule has 3 rings (SSSR count). The summed E-state index contributed by atoms with van der Waals surface area (Å²) in [6.45, 7) is 5.74. The Morgan fingerprint density at radius 2 is 1.85 bits per heavy atom. The van der Waals surface area contributed by atoms with Crippen LogP contribution in [0.4, 0.5) is 5.69 Å². The molecule has 144 valence electrons. The van der Waals surface area contributed by atoms with Gasteiger partial charge in [-0.3, -0.25) is 0 Å². The van der Waals surface area contributed by atoms with Gasteiger partial charge in [0.05, 0.1) is 26.2 Å². The quantitative estimate of drug-likeness (QED) is 0.618. The van der Waals surface area contributed by atoms with Crippen molar-refractivity contribution in [2.75, 3.05) is 31.6 Å². The summed E-state index contributed by atoms with van der Waals surface area (Å²) in [6.07, 6.45) is 2.54. The van der Waals surface area contributed by atoms with Crippen LogP contribution in [0.2, 0.25) is 5.02 Å². The van der Waals surface area contributed by atoms with Gasteiger partial charge in [-0.1, -0.05) is 29.8 Å². The van der Waals surface area contributed by atoms with Crippen molar-refractivity contribution >= 4 is 34.6 Å². The van der Waals surface area contributed by atoms with Crippen LogP contribution in [0.3, 0.4) is 0 Å². The average Bonchev–Trinajstić information content (AvgIpc) is 3.20. The smallest absolute Gasteiger partial charge is 0.171 e. The standard InChI is InChI=1S/C21H26ClN3OS/c1-2-26-17-11-9-16(10-12-17)24-21(27)23-15-20(25-13-5-6-14-25)18-7-3-4-8-19(18)22/h3-4,7-12,20H,2,5-6,13-15H2,1H3,(H2,23,24,27)/p+1/t20-/m1/s1. The van der Waals surface area contributed by atoms with Gasteiger partial charge in [-0.15, -0.1) is 0 Å². The van der Waals surface area contributed by atoms with Crippen molar-refractivity contribution in [3.05, 3.63) is 59.1 Å². The number of halogens is 1. The van der Waals surface area contributed by atoms with E-state index in [0.29, 0.717) is 17.8 Å². The highest BCUT2D eigenvalue weighted by molar-refractivity contribution is 7.80. The first kappa shape index (κ1) is 19.9. The molecule has 0 amide bonds. The number of ether oxygens (including phenoxy) is 1. The van der Waals surface area contributed by atoms with Crippen molar-refractivity contribution < 1.29 is 9.64 Å². The van der Waals surface area contributed by atoms with Crippen LogP contribution in [-0.2, 0) is 0 Å². The summed E-state index contributed by atoms with van der Waals surface area (Å²) in [5.74, 6) is 0.860. The number of rotatable bonds is 7. The second-order valence-electron chi connectivity index (χ2n) is 6.73. The topological polar surface area (TPSA) is 37.7 Å². The van der Waals surface area contributed by atoms with Crippen molar-refractivity contribution in [3.63, 3.8) is 0 Å². The molecule has 0 aliphatic carbocycles. The Kier molecular flexibility index (Phi) is 7.33. The fourth-order valence-electron chi connectivity index (χ4n) is 3.58. The van der Waals surface area contributed by atoms with Gasteiger partial charge in [-0.2, -0.15) is 0 Å². The predicted molar refractivity (Wildman–Crippen MR) is 116 cm³/mol. The lowest BCUT2D eigenvalue weighted by atomic mass is 10.1. The lowest BCUT2D eigenvalue weighted by Crippen LogP contribution is -3.11. The number of hydrogen-bond acceptors (Lipinski definition) is 2. The van der Waals surface area contributed by atoms with E-state index < -0.39 is 0 Å². The SMILES string of the molecule is CCOc1ccc(NC(=S)NC[C@H](c2ccccc2Cl)[NH+]2CCCC2)cc1. The zero-order valence-electron chi connectivity index (χ0n) is 15.6. The van der Waals surface area contributed by atoms with Crippen LogP contribution in [0.25, 0.3) is 0 Å². The first-order chi connectivity index (χ1) is 13.2. The van der Waals surface area contributed by atoms with Gasteiger partial charge in [-0.05, 0) is 49.5 Å². The minimum absolute atomic E-state index is 0.293. The van der Waals surface area contributed by atoms with Crippen LogP contribution in [0, 0.1) is 0 Å². The van der Waals surface area contributed by atoms with Crippen LogP contribution < -0.4 is 20.3 Å². The summed E-state index contributed by atoms with van der Waals surface area (Å²) < 4.78 is 5.47. The number of nitrogens with one attached hydrogen (secondary N) is 3. The van der Waals surface area contributed by atoms with Gasteiger partial charge < -0.3 is 20.3 Å². The van der Waals surface area contributed by atoms with Crippen LogP contribution >= 0.6 is 23.8 Å². The third-order valence-corrected chi connectivity index (χ3v) is 5.50. The largest absolute Gasteiger partial charge is 0.494 e. The third kappa shape index (κ3) is 5.58. The highest BCUT2D eigenvalue weighted by atomic mass is 35.5. The molecular weight excluding hydrogens is 378 g/mol. The maximum absolute atomic E-state index is 6.48. The highest BCUT2D eigenvalue weighted by Crippen LogP contribution is 2.21. The van der Waals surface area contributed by atoms with E-state index in [-0.39, 0.29) is 0 Å². The highest BCUT2D eigenvalue weighted by Gasteiger charge is 2.28. The Bertz CT molecular complexity index is 747.